The van der Waals surface area contributed by atoms with E-state index in [1.807, 2.05) is 22.6 Å². The molecule has 0 spiro atoms. The van der Waals surface area contributed by atoms with E-state index < -0.39 is 0 Å². The van der Waals surface area contributed by atoms with Gasteiger partial charge in [-0.25, -0.2) is 0 Å². The van der Waals surface area contributed by atoms with Gasteiger partial charge in [0.25, 0.3) is 5.91 Å². The summed E-state index contributed by atoms with van der Waals surface area (Å²) in [4.78, 5) is 30.0. The van der Waals surface area contributed by atoms with Crippen LogP contribution in [-0.2, 0) is 11.8 Å². The Labute approximate surface area is 190 Å². The van der Waals surface area contributed by atoms with Crippen LogP contribution in [0.1, 0.15) is 62.9 Å². The smallest absolute Gasteiger partial charge is 0.270 e. The van der Waals surface area contributed by atoms with Crippen molar-refractivity contribution in [3.63, 3.8) is 0 Å². The molecule has 1 aliphatic rings. The molecule has 1 aliphatic heterocycles. The Morgan fingerprint density at radius 1 is 1.13 bits per heavy atom. The van der Waals surface area contributed by atoms with Crippen LogP contribution in [0.15, 0.2) is 17.5 Å². The van der Waals surface area contributed by atoms with Crippen LogP contribution in [-0.4, -0.2) is 65.4 Å². The van der Waals surface area contributed by atoms with Gasteiger partial charge >= 0.3 is 0 Å². The van der Waals surface area contributed by atoms with Gasteiger partial charge in [0.1, 0.15) is 5.69 Å². The van der Waals surface area contributed by atoms with Gasteiger partial charge in [0.15, 0.2) is 0 Å². The minimum atomic E-state index is 0.0145. The molecule has 1 fully saturated rings. The lowest BCUT2D eigenvalue weighted by Crippen LogP contribution is -2.44. The molecule has 6 nitrogen and oxygen atoms in total. The van der Waals surface area contributed by atoms with Crippen LogP contribution >= 0.6 is 11.3 Å². The first-order valence-electron chi connectivity index (χ1n) is 11.9. The van der Waals surface area contributed by atoms with E-state index in [-0.39, 0.29) is 17.7 Å². The molecular weight excluding hydrogens is 408 g/mol. The fourth-order valence-corrected chi connectivity index (χ4v) is 5.19. The molecule has 0 saturated carbocycles. The first-order chi connectivity index (χ1) is 15.0. The number of carbonyl (C=O) groups excluding carboxylic acids is 2. The number of amides is 2. The molecule has 2 amide bonds. The summed E-state index contributed by atoms with van der Waals surface area (Å²) in [6.45, 7) is 9.60. The van der Waals surface area contributed by atoms with Gasteiger partial charge in [-0.15, -0.1) is 11.3 Å². The van der Waals surface area contributed by atoms with Gasteiger partial charge in [-0.2, -0.15) is 0 Å². The molecule has 0 aromatic carbocycles. The zero-order chi connectivity index (χ0) is 22.2. The minimum absolute atomic E-state index is 0.0145. The molecule has 0 atom stereocenters. The van der Waals surface area contributed by atoms with Gasteiger partial charge in [-0.3, -0.25) is 9.59 Å². The van der Waals surface area contributed by atoms with Crippen molar-refractivity contribution >= 4 is 33.4 Å². The van der Waals surface area contributed by atoms with Crippen LogP contribution < -0.4 is 5.32 Å². The number of thiophene rings is 1. The largest absolute Gasteiger partial charge is 0.355 e. The number of carbonyl (C=O) groups is 2. The third kappa shape index (κ3) is 6.10. The molecule has 0 radical (unpaired) electrons. The Kier molecular flexibility index (Phi) is 8.96. The molecule has 1 saturated heterocycles. The molecule has 3 heterocycles. The third-order valence-corrected chi connectivity index (χ3v) is 7.27. The highest BCUT2D eigenvalue weighted by molar-refractivity contribution is 7.17. The van der Waals surface area contributed by atoms with Crippen LogP contribution in [0, 0.1) is 5.92 Å². The summed E-state index contributed by atoms with van der Waals surface area (Å²) >= 11 is 1.66. The Hall–Kier alpha value is -1.86. The fraction of sp³-hybridized carbons (Fsp3) is 0.667. The molecule has 2 aromatic rings. The molecule has 7 heteroatoms. The summed E-state index contributed by atoms with van der Waals surface area (Å²) in [7, 11) is 1.95. The Balaban J connectivity index is 1.43. The van der Waals surface area contributed by atoms with Gasteiger partial charge in [-0.1, -0.05) is 26.7 Å². The van der Waals surface area contributed by atoms with Crippen molar-refractivity contribution in [3.8, 4) is 0 Å². The minimum Gasteiger partial charge on any atom is -0.355 e. The standard InChI is InChI=1S/C24H38N4O2S/c1-4-6-12-27(13-7-5-2)16-11-25-23(29)19-8-14-28(15-9-19)24(30)21-18-22-20(26(21)3)10-17-31-22/h10,17-19H,4-9,11-16H2,1-3H3,(H,25,29). The zero-order valence-electron chi connectivity index (χ0n) is 19.4. The van der Waals surface area contributed by atoms with Crippen molar-refractivity contribution in [1.29, 1.82) is 0 Å². The summed E-state index contributed by atoms with van der Waals surface area (Å²) in [5.74, 6) is 0.241. The van der Waals surface area contributed by atoms with Crippen molar-refractivity contribution in [1.82, 2.24) is 19.7 Å². The number of aromatic nitrogens is 1. The van der Waals surface area contributed by atoms with Crippen LogP contribution in [0.5, 0.6) is 0 Å². The van der Waals surface area contributed by atoms with Gasteiger partial charge in [-0.05, 0) is 56.3 Å². The number of unbranched alkanes of at least 4 members (excludes halogenated alkanes) is 2. The van der Waals surface area contributed by atoms with Gasteiger partial charge in [0.2, 0.25) is 5.91 Å². The molecule has 1 N–H and O–H groups in total. The molecular formula is C24H38N4O2S. The van der Waals surface area contributed by atoms with E-state index in [0.29, 0.717) is 19.6 Å². The lowest BCUT2D eigenvalue weighted by atomic mass is 9.95. The van der Waals surface area contributed by atoms with E-state index in [0.717, 1.165) is 48.4 Å². The van der Waals surface area contributed by atoms with Crippen molar-refractivity contribution in [3.05, 3.63) is 23.2 Å². The topological polar surface area (TPSA) is 57.6 Å². The Morgan fingerprint density at radius 2 is 1.81 bits per heavy atom. The molecule has 172 valence electrons. The highest BCUT2D eigenvalue weighted by Gasteiger charge is 2.29. The number of aryl methyl sites for hydroxylation is 1. The number of nitrogens with one attached hydrogen (secondary N) is 1. The number of fused-ring (bicyclic) bond motifs is 1. The fourth-order valence-electron chi connectivity index (χ4n) is 4.34. The summed E-state index contributed by atoms with van der Waals surface area (Å²) in [5, 5.41) is 5.20. The predicted octanol–water partition coefficient (Wildman–Crippen LogP) is 4.11. The summed E-state index contributed by atoms with van der Waals surface area (Å²) in [6, 6.07) is 4.04. The van der Waals surface area contributed by atoms with Crippen LogP contribution in [0.3, 0.4) is 0 Å². The third-order valence-electron chi connectivity index (χ3n) is 6.42. The van der Waals surface area contributed by atoms with Gasteiger partial charge in [0, 0.05) is 39.1 Å². The number of hydrogen-bond donors (Lipinski definition) is 1. The zero-order valence-corrected chi connectivity index (χ0v) is 20.2. The average molecular weight is 447 g/mol. The maximum atomic E-state index is 13.0. The molecule has 31 heavy (non-hydrogen) atoms. The van der Waals surface area contributed by atoms with Crippen LogP contribution in [0.4, 0.5) is 0 Å². The van der Waals surface area contributed by atoms with Gasteiger partial charge in [0.05, 0.1) is 10.2 Å². The lowest BCUT2D eigenvalue weighted by Gasteiger charge is -2.31. The number of piperidine rings is 1. The second kappa shape index (κ2) is 11.7. The Bertz CT molecular complexity index is 843. The maximum Gasteiger partial charge on any atom is 0.270 e. The van der Waals surface area contributed by atoms with Crippen LogP contribution in [0.2, 0.25) is 0 Å². The van der Waals surface area contributed by atoms with Crippen molar-refractivity contribution < 1.29 is 9.59 Å². The first-order valence-corrected chi connectivity index (χ1v) is 12.7. The van der Waals surface area contributed by atoms with E-state index >= 15 is 0 Å². The lowest BCUT2D eigenvalue weighted by molar-refractivity contribution is -0.126. The maximum absolute atomic E-state index is 13.0. The second-order valence-corrected chi connectivity index (χ2v) is 9.61. The van der Waals surface area contributed by atoms with Crippen molar-refractivity contribution in [2.75, 3.05) is 39.3 Å². The van der Waals surface area contributed by atoms with Crippen molar-refractivity contribution in [2.24, 2.45) is 13.0 Å². The first kappa shape index (κ1) is 23.8. The molecule has 3 rings (SSSR count). The predicted molar refractivity (Wildman–Crippen MR) is 129 cm³/mol. The van der Waals surface area contributed by atoms with E-state index in [1.165, 1.54) is 25.7 Å². The highest BCUT2D eigenvalue weighted by atomic mass is 32.1. The monoisotopic (exact) mass is 446 g/mol. The summed E-state index contributed by atoms with van der Waals surface area (Å²) in [5.41, 5.74) is 1.85. The van der Waals surface area contributed by atoms with E-state index in [1.54, 1.807) is 11.3 Å². The number of rotatable bonds is 11. The second-order valence-electron chi connectivity index (χ2n) is 8.66. The average Bonchev–Trinajstić information content (AvgIpc) is 3.37. The van der Waals surface area contributed by atoms with Crippen molar-refractivity contribution in [2.45, 2.75) is 52.4 Å². The Morgan fingerprint density at radius 3 is 2.42 bits per heavy atom. The SMILES string of the molecule is CCCCN(CCCC)CCNC(=O)C1CCN(C(=O)c2cc3sccc3n2C)CC1. The molecule has 0 bridgehead atoms. The highest BCUT2D eigenvalue weighted by Crippen LogP contribution is 2.26. The number of hydrogen-bond acceptors (Lipinski definition) is 4. The number of nitrogens with zero attached hydrogens (tertiary/aromatic N) is 3. The van der Waals surface area contributed by atoms with E-state index in [4.69, 9.17) is 0 Å². The quantitative estimate of drug-likeness (QED) is 0.565. The normalized spacial score (nSPS) is 15.2. The van der Waals surface area contributed by atoms with E-state index in [2.05, 4.69) is 35.5 Å². The summed E-state index contributed by atoms with van der Waals surface area (Å²) < 4.78 is 3.13. The molecule has 2 aromatic heterocycles. The summed E-state index contributed by atoms with van der Waals surface area (Å²) in [6.07, 6.45) is 6.31. The number of likely N-dealkylation sites (tertiary alicyclic amines) is 1. The van der Waals surface area contributed by atoms with Crippen LogP contribution in [0.25, 0.3) is 10.2 Å². The van der Waals surface area contributed by atoms with Gasteiger partial charge < -0.3 is 19.7 Å². The molecule has 0 unspecified atom stereocenters. The molecule has 0 aliphatic carbocycles. The van der Waals surface area contributed by atoms with E-state index in [9.17, 15) is 9.59 Å².